The molecule has 1 aromatic rings. The van der Waals surface area contributed by atoms with Crippen molar-refractivity contribution in [3.05, 3.63) is 42.5 Å². The topological polar surface area (TPSA) is 38.3 Å². The lowest BCUT2D eigenvalue weighted by Crippen LogP contribution is -2.24. The first-order valence-electron chi connectivity index (χ1n) is 12.8. The molecule has 0 fully saturated rings. The zero-order valence-corrected chi connectivity index (χ0v) is 20.1. The van der Waals surface area contributed by atoms with Crippen molar-refractivity contribution in [2.45, 2.75) is 110 Å². The number of hydrogen-bond donors (Lipinski definition) is 1. The van der Waals surface area contributed by atoms with E-state index >= 15 is 0 Å². The van der Waals surface area contributed by atoms with Gasteiger partial charge in [-0.3, -0.25) is 4.79 Å². The Kier molecular flexibility index (Phi) is 17.7. The minimum atomic E-state index is -0.00960. The van der Waals surface area contributed by atoms with Gasteiger partial charge < -0.3 is 10.1 Å². The number of para-hydroxylation sites is 1. The molecule has 0 saturated carbocycles. The van der Waals surface area contributed by atoms with Gasteiger partial charge in [0, 0.05) is 12.1 Å². The van der Waals surface area contributed by atoms with Crippen LogP contribution in [0.5, 0.6) is 5.75 Å². The molecule has 0 radical (unpaired) electrons. The summed E-state index contributed by atoms with van der Waals surface area (Å²) in [6.45, 7) is 7.03. The smallest absolute Gasteiger partial charge is 0.246 e. The SMILES string of the molecule is C=C(C)C(=O)NCCCCCCCCCCCCCCCCCCOc1ccccc1. The van der Waals surface area contributed by atoms with Crippen LogP contribution in [0, 0.1) is 0 Å². The van der Waals surface area contributed by atoms with Crippen LogP contribution in [0.15, 0.2) is 42.5 Å². The molecule has 3 nitrogen and oxygen atoms in total. The van der Waals surface area contributed by atoms with Gasteiger partial charge in [-0.15, -0.1) is 0 Å². The van der Waals surface area contributed by atoms with Crippen LogP contribution in [-0.2, 0) is 4.79 Å². The standard InChI is InChI=1S/C28H47NO2/c1-26(2)28(30)29-24-20-15-13-11-9-7-5-3-4-6-8-10-12-14-16-21-25-31-27-22-18-17-19-23-27/h17-19,22-23H,1,3-16,20-21,24-25H2,2H3,(H,29,30). The van der Waals surface area contributed by atoms with Crippen LogP contribution in [0.1, 0.15) is 110 Å². The maximum absolute atomic E-state index is 11.4. The molecule has 0 aromatic heterocycles. The number of amides is 1. The predicted octanol–water partition coefficient (Wildman–Crippen LogP) is 8.00. The first-order valence-corrected chi connectivity index (χ1v) is 12.8. The summed E-state index contributed by atoms with van der Waals surface area (Å²) in [5, 5.41) is 2.90. The van der Waals surface area contributed by atoms with Crippen molar-refractivity contribution in [3.63, 3.8) is 0 Å². The highest BCUT2D eigenvalue weighted by molar-refractivity contribution is 5.91. The molecule has 1 N–H and O–H groups in total. The molecule has 3 heteroatoms. The van der Waals surface area contributed by atoms with Crippen LogP contribution in [0.4, 0.5) is 0 Å². The van der Waals surface area contributed by atoms with Crippen LogP contribution >= 0.6 is 0 Å². The largest absolute Gasteiger partial charge is 0.494 e. The molecule has 0 spiro atoms. The number of carbonyl (C=O) groups excluding carboxylic acids is 1. The van der Waals surface area contributed by atoms with E-state index in [0.29, 0.717) is 5.57 Å². The van der Waals surface area contributed by atoms with Gasteiger partial charge in [0.2, 0.25) is 5.91 Å². The number of rotatable bonds is 21. The summed E-state index contributed by atoms with van der Waals surface area (Å²) in [5.74, 6) is 0.980. The molecular weight excluding hydrogens is 382 g/mol. The van der Waals surface area contributed by atoms with Crippen molar-refractivity contribution in [3.8, 4) is 5.75 Å². The fourth-order valence-corrected chi connectivity index (χ4v) is 3.76. The van der Waals surface area contributed by atoms with Gasteiger partial charge in [-0.25, -0.2) is 0 Å². The molecule has 0 heterocycles. The highest BCUT2D eigenvalue weighted by atomic mass is 16.5. The van der Waals surface area contributed by atoms with Gasteiger partial charge in [0.15, 0.2) is 0 Å². The van der Waals surface area contributed by atoms with Crippen molar-refractivity contribution in [1.29, 1.82) is 0 Å². The molecule has 176 valence electrons. The number of carbonyl (C=O) groups is 1. The summed E-state index contributed by atoms with van der Waals surface area (Å²) < 4.78 is 5.73. The maximum atomic E-state index is 11.4. The second-order valence-electron chi connectivity index (χ2n) is 8.85. The molecule has 1 aromatic carbocycles. The van der Waals surface area contributed by atoms with E-state index in [0.717, 1.165) is 25.3 Å². The van der Waals surface area contributed by atoms with Crippen LogP contribution < -0.4 is 10.1 Å². The van der Waals surface area contributed by atoms with Gasteiger partial charge in [-0.05, 0) is 31.9 Å². The van der Waals surface area contributed by atoms with E-state index in [1.165, 1.54) is 96.3 Å². The lowest BCUT2D eigenvalue weighted by atomic mass is 10.0. The fourth-order valence-electron chi connectivity index (χ4n) is 3.76. The van der Waals surface area contributed by atoms with Crippen LogP contribution in [0.2, 0.25) is 0 Å². The van der Waals surface area contributed by atoms with Gasteiger partial charge in [-0.2, -0.15) is 0 Å². The number of ether oxygens (including phenoxy) is 1. The van der Waals surface area contributed by atoms with Gasteiger partial charge in [0.1, 0.15) is 5.75 Å². The van der Waals surface area contributed by atoms with Crippen molar-refractivity contribution < 1.29 is 9.53 Å². The van der Waals surface area contributed by atoms with Crippen LogP contribution in [0.25, 0.3) is 0 Å². The molecule has 1 rings (SSSR count). The third kappa shape index (κ3) is 17.6. The van der Waals surface area contributed by atoms with E-state index in [1.54, 1.807) is 6.92 Å². The minimum absolute atomic E-state index is 0.00960. The summed E-state index contributed by atoms with van der Waals surface area (Å²) in [7, 11) is 0. The molecule has 0 aliphatic heterocycles. The fraction of sp³-hybridized carbons (Fsp3) is 0.679. The molecule has 0 bridgehead atoms. The third-order valence-corrected chi connectivity index (χ3v) is 5.76. The predicted molar refractivity (Wildman–Crippen MR) is 134 cm³/mol. The van der Waals surface area contributed by atoms with Gasteiger partial charge in [0.05, 0.1) is 6.61 Å². The van der Waals surface area contributed by atoms with Gasteiger partial charge >= 0.3 is 0 Å². The second kappa shape index (κ2) is 20.2. The Labute approximate surface area is 192 Å². The lowest BCUT2D eigenvalue weighted by Gasteiger charge is -2.06. The van der Waals surface area contributed by atoms with E-state index in [4.69, 9.17) is 4.74 Å². The summed E-state index contributed by atoms with van der Waals surface area (Å²) >= 11 is 0. The van der Waals surface area contributed by atoms with Crippen molar-refractivity contribution in [2.24, 2.45) is 0 Å². The Morgan fingerprint density at radius 1 is 0.710 bits per heavy atom. The number of unbranched alkanes of at least 4 members (excludes halogenated alkanes) is 15. The van der Waals surface area contributed by atoms with E-state index < -0.39 is 0 Å². The first kappa shape index (κ1) is 27.3. The Bertz CT molecular complexity index is 555. The minimum Gasteiger partial charge on any atom is -0.494 e. The van der Waals surface area contributed by atoms with Gasteiger partial charge in [-0.1, -0.05) is 115 Å². The zero-order chi connectivity index (χ0) is 22.4. The number of hydrogen-bond acceptors (Lipinski definition) is 2. The monoisotopic (exact) mass is 429 g/mol. The third-order valence-electron chi connectivity index (χ3n) is 5.76. The Morgan fingerprint density at radius 3 is 1.58 bits per heavy atom. The molecule has 0 atom stereocenters. The average Bonchev–Trinajstić information content (AvgIpc) is 2.78. The Morgan fingerprint density at radius 2 is 1.13 bits per heavy atom. The van der Waals surface area contributed by atoms with E-state index in [-0.39, 0.29) is 5.91 Å². The molecule has 0 aliphatic carbocycles. The van der Waals surface area contributed by atoms with Crippen molar-refractivity contribution >= 4 is 5.91 Å². The van der Waals surface area contributed by atoms with Crippen molar-refractivity contribution in [1.82, 2.24) is 5.32 Å². The quantitative estimate of drug-likeness (QED) is 0.159. The van der Waals surface area contributed by atoms with Gasteiger partial charge in [0.25, 0.3) is 0 Å². The Balaban J connectivity index is 1.69. The number of nitrogens with one attached hydrogen (secondary N) is 1. The molecule has 1 amide bonds. The molecule has 31 heavy (non-hydrogen) atoms. The molecule has 0 saturated heterocycles. The summed E-state index contributed by atoms with van der Waals surface area (Å²) in [6, 6.07) is 10.1. The van der Waals surface area contributed by atoms with Crippen molar-refractivity contribution in [2.75, 3.05) is 13.2 Å². The van der Waals surface area contributed by atoms with E-state index in [1.807, 2.05) is 30.3 Å². The second-order valence-corrected chi connectivity index (χ2v) is 8.85. The summed E-state index contributed by atoms with van der Waals surface area (Å²) in [4.78, 5) is 11.4. The highest BCUT2D eigenvalue weighted by Crippen LogP contribution is 2.14. The molecule has 0 aliphatic rings. The summed E-state index contributed by atoms with van der Waals surface area (Å²) in [5.41, 5.74) is 0.598. The zero-order valence-electron chi connectivity index (χ0n) is 20.1. The summed E-state index contributed by atoms with van der Waals surface area (Å²) in [6.07, 6.45) is 21.3. The highest BCUT2D eigenvalue weighted by Gasteiger charge is 1.99. The van der Waals surface area contributed by atoms with E-state index in [9.17, 15) is 4.79 Å². The molecular formula is C28H47NO2. The van der Waals surface area contributed by atoms with E-state index in [2.05, 4.69) is 11.9 Å². The normalized spacial score (nSPS) is 10.7. The maximum Gasteiger partial charge on any atom is 0.246 e. The lowest BCUT2D eigenvalue weighted by molar-refractivity contribution is -0.117. The average molecular weight is 430 g/mol. The molecule has 0 unspecified atom stereocenters. The van der Waals surface area contributed by atoms with Crippen LogP contribution in [-0.4, -0.2) is 19.1 Å². The Hall–Kier alpha value is -1.77. The van der Waals surface area contributed by atoms with Crippen LogP contribution in [0.3, 0.4) is 0 Å². The first-order chi connectivity index (χ1) is 15.2. The number of benzene rings is 1.